The molecule has 1 atom stereocenters. The van der Waals surface area contributed by atoms with Crippen LogP contribution >= 0.6 is 0 Å². The maximum absolute atomic E-state index is 13.6. The number of carbonyl (C=O) groups is 1. The second-order valence-corrected chi connectivity index (χ2v) is 13.8. The van der Waals surface area contributed by atoms with E-state index in [1.54, 1.807) is 30.7 Å². The first-order valence-electron chi connectivity index (χ1n) is 16.5. The predicted molar refractivity (Wildman–Crippen MR) is 168 cm³/mol. The van der Waals surface area contributed by atoms with Gasteiger partial charge in [0.25, 0.3) is 0 Å². The maximum atomic E-state index is 13.6. The molecule has 4 aliphatic rings. The number of anilines is 1. The van der Waals surface area contributed by atoms with Gasteiger partial charge in [-0.15, -0.1) is 0 Å². The van der Waals surface area contributed by atoms with Crippen molar-refractivity contribution >= 4 is 11.6 Å². The molecule has 4 fully saturated rings. The zero-order valence-electron chi connectivity index (χ0n) is 26.0. The van der Waals surface area contributed by atoms with Gasteiger partial charge in [0.1, 0.15) is 5.60 Å². The Hall–Kier alpha value is -3.57. The van der Waals surface area contributed by atoms with E-state index in [4.69, 9.17) is 0 Å². The predicted octanol–water partition coefficient (Wildman–Crippen LogP) is 5.53. The molecule has 3 saturated heterocycles. The van der Waals surface area contributed by atoms with Crippen molar-refractivity contribution < 1.29 is 23.1 Å². The Kier molecular flexibility index (Phi) is 8.25. The lowest BCUT2D eigenvalue weighted by molar-refractivity contribution is -0.137. The summed E-state index contributed by atoms with van der Waals surface area (Å²) in [5, 5.41) is 11.5. The third-order valence-corrected chi connectivity index (χ3v) is 11.0. The summed E-state index contributed by atoms with van der Waals surface area (Å²) in [6.45, 7) is 4.73. The van der Waals surface area contributed by atoms with Crippen LogP contribution in [0.15, 0.2) is 61.1 Å². The van der Waals surface area contributed by atoms with Crippen LogP contribution in [0.1, 0.15) is 62.6 Å². The quantitative estimate of drug-likeness (QED) is 0.395. The number of aromatic nitrogens is 3. The van der Waals surface area contributed by atoms with Gasteiger partial charge in [0, 0.05) is 79.9 Å². The molecule has 0 bridgehead atoms. The fraction of sp³-hybridized carbons (Fsp3) is 0.543. The number of piperidine rings is 1. The van der Waals surface area contributed by atoms with Crippen molar-refractivity contribution in [1.29, 1.82) is 0 Å². The number of pyridine rings is 1. The number of nitrogens with zero attached hydrogens (tertiary/aromatic N) is 6. The largest absolute Gasteiger partial charge is 0.416 e. The molecule has 0 radical (unpaired) electrons. The normalized spacial score (nSPS) is 27.9. The molecule has 2 aromatic heterocycles. The lowest BCUT2D eigenvalue weighted by Gasteiger charge is -2.40. The van der Waals surface area contributed by atoms with E-state index in [1.807, 2.05) is 17.0 Å². The summed E-state index contributed by atoms with van der Waals surface area (Å²) < 4.78 is 39.6. The lowest BCUT2D eigenvalue weighted by atomic mass is 9.79. The van der Waals surface area contributed by atoms with Crippen LogP contribution in [0.5, 0.6) is 0 Å². The first kappa shape index (κ1) is 31.1. The van der Waals surface area contributed by atoms with Crippen molar-refractivity contribution in [1.82, 2.24) is 24.8 Å². The molecule has 11 heteroatoms. The lowest BCUT2D eigenvalue weighted by Crippen LogP contribution is -2.44. The number of rotatable bonds is 5. The molecule has 1 N–H and O–H groups in total. The molecule has 3 aromatic rings. The van der Waals surface area contributed by atoms with Crippen LogP contribution in [0.2, 0.25) is 0 Å². The number of alkyl halides is 3. The van der Waals surface area contributed by atoms with Gasteiger partial charge >= 0.3 is 6.18 Å². The number of amides is 1. The molecule has 1 spiro atoms. The van der Waals surface area contributed by atoms with Crippen molar-refractivity contribution in [2.45, 2.75) is 69.2 Å². The molecular weight excluding hydrogens is 593 g/mol. The average molecular weight is 635 g/mol. The van der Waals surface area contributed by atoms with Crippen molar-refractivity contribution in [3.63, 3.8) is 0 Å². The van der Waals surface area contributed by atoms with E-state index in [-0.39, 0.29) is 17.2 Å². The Morgan fingerprint density at radius 2 is 1.59 bits per heavy atom. The van der Waals surface area contributed by atoms with E-state index in [1.165, 1.54) is 12.1 Å². The van der Waals surface area contributed by atoms with E-state index in [0.29, 0.717) is 62.0 Å². The zero-order chi connectivity index (χ0) is 31.9. The van der Waals surface area contributed by atoms with E-state index < -0.39 is 17.3 Å². The Balaban J connectivity index is 0.894. The van der Waals surface area contributed by atoms with Gasteiger partial charge in [0.2, 0.25) is 5.91 Å². The second kappa shape index (κ2) is 12.2. The van der Waals surface area contributed by atoms with Crippen LogP contribution in [0.3, 0.4) is 0 Å². The van der Waals surface area contributed by atoms with E-state index in [2.05, 4.69) is 24.8 Å². The van der Waals surface area contributed by atoms with Gasteiger partial charge in [-0.2, -0.15) is 13.2 Å². The van der Waals surface area contributed by atoms with Gasteiger partial charge in [-0.05, 0) is 94.3 Å². The standard InChI is InChI=1S/C35H41F3N6O2/c36-35(37,38)27-3-1-4-29(21-27)42-17-9-25(10-18-42)32(45)44-20-14-33(24-44)13-19-43(23-33)28-7-11-34(46,12-8-28)30-6-5-26(22-41-30)31-39-15-2-16-40-31/h1-6,15-16,21-22,25,28,46H,7-14,17-20,23-24H2. The number of halogens is 3. The van der Waals surface area contributed by atoms with Crippen LogP contribution in [-0.2, 0) is 16.6 Å². The molecule has 244 valence electrons. The fourth-order valence-corrected chi connectivity index (χ4v) is 8.21. The van der Waals surface area contributed by atoms with Gasteiger partial charge in [0.15, 0.2) is 5.82 Å². The number of aliphatic hydroxyl groups is 1. The van der Waals surface area contributed by atoms with E-state index in [9.17, 15) is 23.1 Å². The van der Waals surface area contributed by atoms with Gasteiger partial charge in [0.05, 0.1) is 11.3 Å². The molecule has 1 unspecified atom stereocenters. The number of carbonyl (C=O) groups excluding carboxylic acids is 1. The molecule has 7 rings (SSSR count). The van der Waals surface area contributed by atoms with E-state index in [0.717, 1.165) is 63.5 Å². The second-order valence-electron chi connectivity index (χ2n) is 13.8. The number of hydrogen-bond acceptors (Lipinski definition) is 7. The number of hydrogen-bond donors (Lipinski definition) is 1. The molecule has 1 saturated carbocycles. The fourth-order valence-electron chi connectivity index (χ4n) is 8.21. The zero-order valence-corrected chi connectivity index (χ0v) is 26.0. The van der Waals surface area contributed by atoms with Crippen molar-refractivity contribution in [2.24, 2.45) is 11.3 Å². The average Bonchev–Trinajstić information content (AvgIpc) is 3.71. The minimum absolute atomic E-state index is 0.0754. The minimum atomic E-state index is -4.36. The highest BCUT2D eigenvalue weighted by Gasteiger charge is 2.48. The van der Waals surface area contributed by atoms with Gasteiger partial charge < -0.3 is 14.9 Å². The molecule has 1 aliphatic carbocycles. The van der Waals surface area contributed by atoms with Crippen molar-refractivity contribution in [3.8, 4) is 11.4 Å². The van der Waals surface area contributed by atoms with Crippen LogP contribution in [0, 0.1) is 11.3 Å². The highest BCUT2D eigenvalue weighted by molar-refractivity contribution is 5.79. The molecular formula is C35H41F3N6O2. The van der Waals surface area contributed by atoms with Crippen molar-refractivity contribution in [2.75, 3.05) is 44.2 Å². The number of benzene rings is 1. The summed E-state index contributed by atoms with van der Waals surface area (Å²) >= 11 is 0. The van der Waals surface area contributed by atoms with Gasteiger partial charge in [-0.3, -0.25) is 14.7 Å². The Morgan fingerprint density at radius 3 is 2.28 bits per heavy atom. The maximum Gasteiger partial charge on any atom is 0.416 e. The minimum Gasteiger partial charge on any atom is -0.384 e. The summed E-state index contributed by atoms with van der Waals surface area (Å²) in [6, 6.07) is 11.5. The van der Waals surface area contributed by atoms with Crippen LogP contribution in [-0.4, -0.2) is 81.1 Å². The molecule has 1 amide bonds. The van der Waals surface area contributed by atoms with Crippen LogP contribution < -0.4 is 4.90 Å². The molecule has 8 nitrogen and oxygen atoms in total. The summed E-state index contributed by atoms with van der Waals surface area (Å²) in [7, 11) is 0. The summed E-state index contributed by atoms with van der Waals surface area (Å²) in [5.74, 6) is 0.750. The Bertz CT molecular complexity index is 1520. The monoisotopic (exact) mass is 634 g/mol. The molecule has 3 aliphatic heterocycles. The first-order chi connectivity index (χ1) is 22.1. The van der Waals surface area contributed by atoms with Gasteiger partial charge in [-0.25, -0.2) is 9.97 Å². The molecule has 46 heavy (non-hydrogen) atoms. The summed E-state index contributed by atoms with van der Waals surface area (Å²) in [5.41, 5.74) is 0.654. The SMILES string of the molecule is O=C(C1CCN(c2cccc(C(F)(F)F)c2)CC1)N1CCC2(CCN(C3CCC(O)(c4ccc(-c5ncccn5)cn4)CC3)C2)C1. The number of likely N-dealkylation sites (tertiary alicyclic amines) is 2. The summed E-state index contributed by atoms with van der Waals surface area (Å²) in [6.07, 6.45) is 7.34. The first-order valence-corrected chi connectivity index (χ1v) is 16.5. The molecule has 1 aromatic carbocycles. The van der Waals surface area contributed by atoms with Gasteiger partial charge in [-0.1, -0.05) is 6.07 Å². The molecule has 5 heterocycles. The highest BCUT2D eigenvalue weighted by atomic mass is 19.4. The van der Waals surface area contributed by atoms with Crippen LogP contribution in [0.4, 0.5) is 18.9 Å². The van der Waals surface area contributed by atoms with Crippen LogP contribution in [0.25, 0.3) is 11.4 Å². The summed E-state index contributed by atoms with van der Waals surface area (Å²) in [4.78, 5) is 33.3. The highest BCUT2D eigenvalue weighted by Crippen LogP contribution is 2.45. The third kappa shape index (κ3) is 6.23. The topological polar surface area (TPSA) is 85.7 Å². The smallest absolute Gasteiger partial charge is 0.384 e. The third-order valence-electron chi connectivity index (χ3n) is 11.0. The Labute approximate surface area is 267 Å². The van der Waals surface area contributed by atoms with Crippen molar-refractivity contribution in [3.05, 3.63) is 72.3 Å². The Morgan fingerprint density at radius 1 is 0.848 bits per heavy atom. The van der Waals surface area contributed by atoms with E-state index >= 15 is 0 Å².